The minimum Gasteiger partial charge on any atom is -0.453 e. The van der Waals surface area contributed by atoms with Crippen LogP contribution in [-0.4, -0.2) is 4.98 Å². The number of hydrogen-bond donors (Lipinski definition) is 0. The Morgan fingerprint density at radius 1 is 1.29 bits per heavy atom. The Kier molecular flexibility index (Phi) is 3.27. The average Bonchev–Trinajstić information content (AvgIpc) is 2.34. The molecule has 3 nitrogen and oxygen atoms in total. The first-order valence-corrected chi connectivity index (χ1v) is 5.37. The van der Waals surface area contributed by atoms with Crippen LogP contribution < -0.4 is 4.74 Å². The van der Waals surface area contributed by atoms with Gasteiger partial charge in [0.25, 0.3) is 0 Å². The summed E-state index contributed by atoms with van der Waals surface area (Å²) < 4.78 is 5.60. The van der Waals surface area contributed by atoms with Crippen molar-refractivity contribution >= 4 is 11.6 Å². The molecule has 0 aliphatic carbocycles. The molecule has 0 fully saturated rings. The van der Waals surface area contributed by atoms with Gasteiger partial charge in [0.1, 0.15) is 11.8 Å². The predicted molar refractivity (Wildman–Crippen MR) is 65.2 cm³/mol. The number of rotatable bonds is 2. The Balaban J connectivity index is 2.38. The Morgan fingerprint density at radius 2 is 2.12 bits per heavy atom. The van der Waals surface area contributed by atoms with Crippen LogP contribution in [-0.2, 0) is 0 Å². The van der Waals surface area contributed by atoms with Crippen molar-refractivity contribution in [3.8, 4) is 17.6 Å². The third kappa shape index (κ3) is 2.55. The summed E-state index contributed by atoms with van der Waals surface area (Å²) in [6.07, 6.45) is 1.54. The molecule has 1 aromatic heterocycles. The number of ether oxygens (including phenoxy) is 1. The minimum atomic E-state index is 0.241. The summed E-state index contributed by atoms with van der Waals surface area (Å²) in [4.78, 5) is 3.92. The summed E-state index contributed by atoms with van der Waals surface area (Å²) in [5.74, 6) is 0.929. The molecular weight excluding hydrogens is 236 g/mol. The zero-order chi connectivity index (χ0) is 12.3. The van der Waals surface area contributed by atoms with Gasteiger partial charge in [0.05, 0.1) is 5.02 Å². The molecule has 84 valence electrons. The number of halogens is 1. The first-order chi connectivity index (χ1) is 8.20. The molecule has 4 heteroatoms. The fourth-order valence-electron chi connectivity index (χ4n) is 1.36. The largest absolute Gasteiger partial charge is 0.453 e. The second kappa shape index (κ2) is 4.86. The summed E-state index contributed by atoms with van der Waals surface area (Å²) in [6.45, 7) is 1.94. The Labute approximate surface area is 104 Å². The van der Waals surface area contributed by atoms with Crippen molar-refractivity contribution in [1.82, 2.24) is 4.98 Å². The molecule has 0 atom stereocenters. The smallest absolute Gasteiger partial charge is 0.183 e. The van der Waals surface area contributed by atoms with Gasteiger partial charge in [-0.3, -0.25) is 0 Å². The number of hydrogen-bond acceptors (Lipinski definition) is 3. The van der Waals surface area contributed by atoms with E-state index >= 15 is 0 Å². The zero-order valence-corrected chi connectivity index (χ0v) is 9.90. The molecule has 0 bridgehead atoms. The van der Waals surface area contributed by atoms with Gasteiger partial charge in [-0.25, -0.2) is 4.98 Å². The summed E-state index contributed by atoms with van der Waals surface area (Å²) in [5, 5.41) is 9.40. The molecule has 0 spiro atoms. The van der Waals surface area contributed by atoms with E-state index in [4.69, 9.17) is 21.6 Å². The SMILES string of the molecule is Cc1ccc(Cl)c(Oc2cccnc2C#N)c1. The van der Waals surface area contributed by atoms with Crippen LogP contribution in [0.4, 0.5) is 0 Å². The fraction of sp³-hybridized carbons (Fsp3) is 0.0769. The Hall–Kier alpha value is -2.05. The molecule has 17 heavy (non-hydrogen) atoms. The topological polar surface area (TPSA) is 45.9 Å². The third-order valence-electron chi connectivity index (χ3n) is 2.18. The normalized spacial score (nSPS) is 9.71. The minimum absolute atomic E-state index is 0.241. The van der Waals surface area contributed by atoms with E-state index in [1.54, 1.807) is 24.4 Å². The van der Waals surface area contributed by atoms with E-state index in [0.29, 0.717) is 16.5 Å². The Morgan fingerprint density at radius 3 is 2.88 bits per heavy atom. The van der Waals surface area contributed by atoms with Crippen molar-refractivity contribution in [3.05, 3.63) is 52.8 Å². The lowest BCUT2D eigenvalue weighted by molar-refractivity contribution is 0.478. The van der Waals surface area contributed by atoms with Crippen LogP contribution in [0.15, 0.2) is 36.5 Å². The standard InChI is InChI=1S/C13H9ClN2O/c1-9-4-5-10(14)13(7-9)17-12-3-2-6-16-11(12)8-15/h2-7H,1H3. The first-order valence-electron chi connectivity index (χ1n) is 5.00. The van der Waals surface area contributed by atoms with Crippen LogP contribution in [0, 0.1) is 18.3 Å². The second-order valence-electron chi connectivity index (χ2n) is 3.50. The maximum atomic E-state index is 8.89. The lowest BCUT2D eigenvalue weighted by Gasteiger charge is -2.08. The molecule has 1 aromatic carbocycles. The van der Waals surface area contributed by atoms with Crippen molar-refractivity contribution in [1.29, 1.82) is 5.26 Å². The average molecular weight is 245 g/mol. The monoisotopic (exact) mass is 244 g/mol. The van der Waals surface area contributed by atoms with Gasteiger partial charge in [-0.15, -0.1) is 0 Å². The number of aryl methyl sites for hydroxylation is 1. The number of nitriles is 1. The molecule has 2 rings (SSSR count). The van der Waals surface area contributed by atoms with E-state index in [1.807, 2.05) is 25.1 Å². The number of pyridine rings is 1. The maximum absolute atomic E-state index is 8.89. The molecule has 0 N–H and O–H groups in total. The van der Waals surface area contributed by atoms with Crippen molar-refractivity contribution in [2.24, 2.45) is 0 Å². The van der Waals surface area contributed by atoms with E-state index in [2.05, 4.69) is 4.98 Å². The molecule has 2 aromatic rings. The molecule has 0 unspecified atom stereocenters. The van der Waals surface area contributed by atoms with Gasteiger partial charge < -0.3 is 4.74 Å². The van der Waals surface area contributed by atoms with E-state index in [1.165, 1.54) is 0 Å². The Bertz CT molecular complexity index is 590. The highest BCUT2D eigenvalue weighted by Gasteiger charge is 2.07. The molecule has 0 aliphatic heterocycles. The van der Waals surface area contributed by atoms with Gasteiger partial charge in [0.2, 0.25) is 0 Å². The van der Waals surface area contributed by atoms with Gasteiger partial charge in [-0.1, -0.05) is 17.7 Å². The second-order valence-corrected chi connectivity index (χ2v) is 3.91. The van der Waals surface area contributed by atoms with Crippen LogP contribution in [0.3, 0.4) is 0 Å². The van der Waals surface area contributed by atoms with Crippen molar-refractivity contribution < 1.29 is 4.74 Å². The number of nitrogens with zero attached hydrogens (tertiary/aromatic N) is 2. The van der Waals surface area contributed by atoms with E-state index in [0.717, 1.165) is 5.56 Å². The van der Waals surface area contributed by atoms with E-state index < -0.39 is 0 Å². The zero-order valence-electron chi connectivity index (χ0n) is 9.14. The molecular formula is C13H9ClN2O. The number of aromatic nitrogens is 1. The molecule has 0 radical (unpaired) electrons. The highest BCUT2D eigenvalue weighted by atomic mass is 35.5. The fourth-order valence-corrected chi connectivity index (χ4v) is 1.52. The molecule has 0 aliphatic rings. The van der Waals surface area contributed by atoms with Gasteiger partial charge in [-0.05, 0) is 36.8 Å². The molecule has 0 amide bonds. The van der Waals surface area contributed by atoms with Crippen LogP contribution in [0.1, 0.15) is 11.3 Å². The van der Waals surface area contributed by atoms with Crippen LogP contribution in [0.5, 0.6) is 11.5 Å². The van der Waals surface area contributed by atoms with Crippen molar-refractivity contribution in [2.75, 3.05) is 0 Å². The highest BCUT2D eigenvalue weighted by molar-refractivity contribution is 6.32. The van der Waals surface area contributed by atoms with E-state index in [-0.39, 0.29) is 5.69 Å². The van der Waals surface area contributed by atoms with Gasteiger partial charge >= 0.3 is 0 Å². The number of benzene rings is 1. The van der Waals surface area contributed by atoms with Crippen LogP contribution >= 0.6 is 11.6 Å². The summed E-state index contributed by atoms with van der Waals surface area (Å²) in [7, 11) is 0. The van der Waals surface area contributed by atoms with Crippen LogP contribution in [0.25, 0.3) is 0 Å². The predicted octanol–water partition coefficient (Wildman–Crippen LogP) is 3.71. The molecule has 0 saturated carbocycles. The quantitative estimate of drug-likeness (QED) is 0.809. The van der Waals surface area contributed by atoms with Crippen molar-refractivity contribution in [3.63, 3.8) is 0 Å². The van der Waals surface area contributed by atoms with Gasteiger partial charge in [0, 0.05) is 6.20 Å². The molecule has 0 saturated heterocycles. The summed E-state index contributed by atoms with van der Waals surface area (Å²) >= 11 is 6.01. The highest BCUT2D eigenvalue weighted by Crippen LogP contribution is 2.30. The van der Waals surface area contributed by atoms with Crippen LogP contribution in [0.2, 0.25) is 5.02 Å². The third-order valence-corrected chi connectivity index (χ3v) is 2.50. The van der Waals surface area contributed by atoms with E-state index in [9.17, 15) is 0 Å². The summed E-state index contributed by atoms with van der Waals surface area (Å²) in [6, 6.07) is 10.8. The van der Waals surface area contributed by atoms with Crippen molar-refractivity contribution in [2.45, 2.75) is 6.92 Å². The first kappa shape index (κ1) is 11.4. The van der Waals surface area contributed by atoms with Gasteiger partial charge in [0.15, 0.2) is 11.4 Å². The van der Waals surface area contributed by atoms with Gasteiger partial charge in [-0.2, -0.15) is 5.26 Å². The summed E-state index contributed by atoms with van der Waals surface area (Å²) in [5.41, 5.74) is 1.27. The lowest BCUT2D eigenvalue weighted by atomic mass is 10.2. The lowest BCUT2D eigenvalue weighted by Crippen LogP contribution is -1.91. The maximum Gasteiger partial charge on any atom is 0.183 e. The molecule has 1 heterocycles.